The number of para-hydroxylation sites is 2. The summed E-state index contributed by atoms with van der Waals surface area (Å²) >= 11 is 6.61. The van der Waals surface area contributed by atoms with Crippen LogP contribution in [0.15, 0.2) is 51.4 Å². The summed E-state index contributed by atoms with van der Waals surface area (Å²) in [4.78, 5) is 34.2. The minimum absolute atomic E-state index is 0.0510. The van der Waals surface area contributed by atoms with Gasteiger partial charge >= 0.3 is 5.69 Å². The van der Waals surface area contributed by atoms with E-state index in [1.54, 1.807) is 24.3 Å². The van der Waals surface area contributed by atoms with Crippen molar-refractivity contribution in [3.8, 4) is 11.5 Å². The van der Waals surface area contributed by atoms with E-state index in [1.807, 2.05) is 0 Å². The molecule has 11 heteroatoms. The molecule has 0 aliphatic carbocycles. The molecule has 2 rings (SSSR count). The van der Waals surface area contributed by atoms with E-state index in [1.165, 1.54) is 25.1 Å². The number of halogens is 2. The van der Waals surface area contributed by atoms with E-state index in [-0.39, 0.29) is 18.0 Å². The molecule has 0 heterocycles. The SMILES string of the molecule is CC(Oc1ccccc1[N+](=O)[O-])C(=O)NNC(=O)COc1ccc(Br)cc1Br. The van der Waals surface area contributed by atoms with Gasteiger partial charge in [-0.3, -0.25) is 30.6 Å². The second-order valence-corrected chi connectivity index (χ2v) is 7.16. The van der Waals surface area contributed by atoms with Gasteiger partial charge in [0, 0.05) is 10.5 Å². The molecule has 28 heavy (non-hydrogen) atoms. The van der Waals surface area contributed by atoms with Crippen molar-refractivity contribution in [3.05, 3.63) is 61.5 Å². The summed E-state index contributed by atoms with van der Waals surface area (Å²) < 4.78 is 12.2. The summed E-state index contributed by atoms with van der Waals surface area (Å²) in [5.41, 5.74) is 4.10. The first-order chi connectivity index (χ1) is 13.3. The molecule has 1 atom stereocenters. The molecule has 9 nitrogen and oxygen atoms in total. The molecule has 0 aliphatic rings. The Morgan fingerprint density at radius 1 is 1.14 bits per heavy atom. The Morgan fingerprint density at radius 3 is 2.54 bits per heavy atom. The number of hydrazine groups is 1. The minimum atomic E-state index is -1.08. The Balaban J connectivity index is 1.82. The molecular formula is C17H15Br2N3O6. The third-order valence-electron chi connectivity index (χ3n) is 3.31. The summed E-state index contributed by atoms with van der Waals surface area (Å²) in [6.45, 7) is 1.06. The first kappa shape index (κ1) is 21.6. The second kappa shape index (κ2) is 10.0. The highest BCUT2D eigenvalue weighted by atomic mass is 79.9. The lowest BCUT2D eigenvalue weighted by Crippen LogP contribution is -2.48. The average Bonchev–Trinajstić information content (AvgIpc) is 2.65. The number of carbonyl (C=O) groups excluding carboxylic acids is 2. The number of amides is 2. The topological polar surface area (TPSA) is 120 Å². The van der Waals surface area contributed by atoms with Crippen LogP contribution < -0.4 is 20.3 Å². The lowest BCUT2D eigenvalue weighted by Gasteiger charge is -2.15. The number of nitro groups is 1. The number of rotatable bonds is 7. The fraction of sp³-hybridized carbons (Fsp3) is 0.176. The molecule has 2 aromatic carbocycles. The van der Waals surface area contributed by atoms with E-state index in [4.69, 9.17) is 9.47 Å². The van der Waals surface area contributed by atoms with E-state index < -0.39 is 22.8 Å². The van der Waals surface area contributed by atoms with E-state index in [0.29, 0.717) is 10.2 Å². The quantitative estimate of drug-likeness (QED) is 0.431. The van der Waals surface area contributed by atoms with Crippen LogP contribution in [0.2, 0.25) is 0 Å². The predicted molar refractivity (Wildman–Crippen MR) is 107 cm³/mol. The number of nitrogens with zero attached hydrogens (tertiary/aromatic N) is 1. The van der Waals surface area contributed by atoms with Gasteiger partial charge in [-0.15, -0.1) is 0 Å². The molecule has 0 saturated carbocycles. The third-order valence-corrected chi connectivity index (χ3v) is 4.43. The van der Waals surface area contributed by atoms with Crippen molar-refractivity contribution in [3.63, 3.8) is 0 Å². The molecule has 0 spiro atoms. The van der Waals surface area contributed by atoms with E-state index in [9.17, 15) is 19.7 Å². The number of benzene rings is 2. The number of hydrogen-bond acceptors (Lipinski definition) is 6. The number of ether oxygens (including phenoxy) is 2. The monoisotopic (exact) mass is 515 g/mol. The Labute approximate surface area is 176 Å². The zero-order chi connectivity index (χ0) is 20.7. The average molecular weight is 517 g/mol. The largest absolute Gasteiger partial charge is 0.483 e. The summed E-state index contributed by atoms with van der Waals surface area (Å²) in [5.74, 6) is -0.875. The molecule has 2 N–H and O–H groups in total. The summed E-state index contributed by atoms with van der Waals surface area (Å²) in [6.07, 6.45) is -1.08. The Hall–Kier alpha value is -2.66. The van der Waals surface area contributed by atoms with Crippen LogP contribution in [0.1, 0.15) is 6.92 Å². The van der Waals surface area contributed by atoms with E-state index in [0.717, 1.165) is 4.47 Å². The van der Waals surface area contributed by atoms with E-state index >= 15 is 0 Å². The Bertz CT molecular complexity index is 893. The highest BCUT2D eigenvalue weighted by molar-refractivity contribution is 9.11. The van der Waals surface area contributed by atoms with Crippen molar-refractivity contribution < 1.29 is 24.0 Å². The summed E-state index contributed by atoms with van der Waals surface area (Å²) in [6, 6.07) is 10.9. The fourth-order valence-electron chi connectivity index (χ4n) is 1.96. The van der Waals surface area contributed by atoms with Crippen LogP contribution in [0, 0.1) is 10.1 Å². The van der Waals surface area contributed by atoms with Gasteiger partial charge in [-0.05, 0) is 47.1 Å². The van der Waals surface area contributed by atoms with Gasteiger partial charge in [-0.1, -0.05) is 28.1 Å². The van der Waals surface area contributed by atoms with Crippen molar-refractivity contribution in [1.82, 2.24) is 10.9 Å². The molecule has 0 aliphatic heterocycles. The van der Waals surface area contributed by atoms with Crippen LogP contribution in [0.4, 0.5) is 5.69 Å². The van der Waals surface area contributed by atoms with Crippen LogP contribution in [0.3, 0.4) is 0 Å². The molecule has 0 fully saturated rings. The number of hydrogen-bond donors (Lipinski definition) is 2. The highest BCUT2D eigenvalue weighted by Gasteiger charge is 2.21. The summed E-state index contributed by atoms with van der Waals surface area (Å²) in [7, 11) is 0. The van der Waals surface area contributed by atoms with Gasteiger partial charge in [0.25, 0.3) is 11.8 Å². The van der Waals surface area contributed by atoms with Crippen molar-refractivity contribution >= 4 is 49.4 Å². The summed E-state index contributed by atoms with van der Waals surface area (Å²) in [5, 5.41) is 11.0. The Kier molecular flexibility index (Phi) is 7.76. The first-order valence-electron chi connectivity index (χ1n) is 7.84. The maximum atomic E-state index is 12.0. The van der Waals surface area contributed by atoms with Gasteiger partial charge < -0.3 is 9.47 Å². The van der Waals surface area contributed by atoms with Crippen molar-refractivity contribution in [2.45, 2.75) is 13.0 Å². The van der Waals surface area contributed by atoms with Gasteiger partial charge in [0.1, 0.15) is 5.75 Å². The maximum absolute atomic E-state index is 12.0. The second-order valence-electron chi connectivity index (χ2n) is 5.39. The maximum Gasteiger partial charge on any atom is 0.310 e. The molecule has 148 valence electrons. The minimum Gasteiger partial charge on any atom is -0.483 e. The molecule has 0 saturated heterocycles. The smallest absolute Gasteiger partial charge is 0.310 e. The fourth-order valence-corrected chi connectivity index (χ4v) is 3.12. The van der Waals surface area contributed by atoms with Crippen LogP contribution >= 0.6 is 31.9 Å². The molecule has 2 amide bonds. The normalized spacial score (nSPS) is 11.2. The van der Waals surface area contributed by atoms with Gasteiger partial charge in [0.2, 0.25) is 0 Å². The van der Waals surface area contributed by atoms with Gasteiger partial charge in [0.15, 0.2) is 18.5 Å². The molecule has 1 unspecified atom stereocenters. The highest BCUT2D eigenvalue weighted by Crippen LogP contribution is 2.28. The van der Waals surface area contributed by atoms with E-state index in [2.05, 4.69) is 42.7 Å². The molecule has 0 bridgehead atoms. The van der Waals surface area contributed by atoms with Crippen LogP contribution in [-0.2, 0) is 9.59 Å². The van der Waals surface area contributed by atoms with Gasteiger partial charge in [-0.2, -0.15) is 0 Å². The number of nitrogens with one attached hydrogen (secondary N) is 2. The van der Waals surface area contributed by atoms with Crippen LogP contribution in [-0.4, -0.2) is 29.4 Å². The van der Waals surface area contributed by atoms with Crippen LogP contribution in [0.5, 0.6) is 11.5 Å². The van der Waals surface area contributed by atoms with Gasteiger partial charge in [0.05, 0.1) is 9.40 Å². The number of nitro benzene ring substituents is 1. The lowest BCUT2D eigenvalue weighted by molar-refractivity contribution is -0.386. The lowest BCUT2D eigenvalue weighted by atomic mass is 10.3. The van der Waals surface area contributed by atoms with Crippen molar-refractivity contribution in [1.29, 1.82) is 0 Å². The zero-order valence-corrected chi connectivity index (χ0v) is 17.7. The molecule has 0 radical (unpaired) electrons. The number of carbonyl (C=O) groups is 2. The molecule has 0 aromatic heterocycles. The standard InChI is InChI=1S/C17H15Br2N3O6/c1-10(28-15-5-3-2-4-13(15)22(25)26)17(24)21-20-16(23)9-27-14-7-6-11(18)8-12(14)19/h2-8,10H,9H2,1H3,(H,20,23)(H,21,24). The van der Waals surface area contributed by atoms with Crippen molar-refractivity contribution in [2.75, 3.05) is 6.61 Å². The van der Waals surface area contributed by atoms with Gasteiger partial charge in [-0.25, -0.2) is 0 Å². The Morgan fingerprint density at radius 2 is 1.86 bits per heavy atom. The third kappa shape index (κ3) is 6.20. The van der Waals surface area contributed by atoms with Crippen molar-refractivity contribution in [2.24, 2.45) is 0 Å². The van der Waals surface area contributed by atoms with Crippen LogP contribution in [0.25, 0.3) is 0 Å². The first-order valence-corrected chi connectivity index (χ1v) is 9.43. The zero-order valence-electron chi connectivity index (χ0n) is 14.5. The predicted octanol–water partition coefficient (Wildman–Crippen LogP) is 3.11. The molecule has 2 aromatic rings. The molecular weight excluding hydrogens is 502 g/mol.